The van der Waals surface area contributed by atoms with E-state index in [2.05, 4.69) is 28.4 Å². The molecule has 23 heavy (non-hydrogen) atoms. The van der Waals surface area contributed by atoms with Crippen LogP contribution in [0.3, 0.4) is 0 Å². The second kappa shape index (κ2) is 5.39. The van der Waals surface area contributed by atoms with Gasteiger partial charge in [-0.25, -0.2) is 0 Å². The lowest BCUT2D eigenvalue weighted by molar-refractivity contribution is 0.0826. The molecule has 0 spiro atoms. The van der Waals surface area contributed by atoms with Crippen molar-refractivity contribution in [1.29, 1.82) is 5.41 Å². The summed E-state index contributed by atoms with van der Waals surface area (Å²) in [6.07, 6.45) is 5.77. The molecule has 0 amide bonds. The number of likely N-dealkylation sites (N-methyl/N-ethyl adjacent to an activating group) is 1. The van der Waals surface area contributed by atoms with E-state index in [1.54, 1.807) is 0 Å². The van der Waals surface area contributed by atoms with Crippen molar-refractivity contribution in [2.45, 2.75) is 6.04 Å². The fraction of sp³-hybridized carbons (Fsp3) is 0.316. The molecule has 2 aliphatic heterocycles. The van der Waals surface area contributed by atoms with E-state index in [0.29, 0.717) is 11.8 Å². The largest absolute Gasteiger partial charge is 0.370 e. The van der Waals surface area contributed by atoms with E-state index in [1.807, 2.05) is 42.6 Å². The Labute approximate surface area is 136 Å². The number of rotatable bonds is 4. The zero-order valence-electron chi connectivity index (χ0n) is 13.4. The number of fused-ring (bicyclic) bond motifs is 2. The van der Waals surface area contributed by atoms with Crippen LogP contribution < -0.4 is 0 Å². The Morgan fingerprint density at radius 2 is 2.13 bits per heavy atom. The van der Waals surface area contributed by atoms with E-state index in [1.165, 1.54) is 6.54 Å². The molecular formula is C19H22N4. The topological polar surface area (TPSA) is 46.1 Å². The zero-order valence-corrected chi connectivity index (χ0v) is 13.4. The third kappa shape index (κ3) is 2.49. The van der Waals surface area contributed by atoms with Gasteiger partial charge in [-0.2, -0.15) is 0 Å². The second-order valence-corrected chi connectivity index (χ2v) is 6.69. The number of allylic oxidation sites excluding steroid dienone is 2. The average Bonchev–Trinajstić information content (AvgIpc) is 3.15. The molecule has 2 aromatic rings. The van der Waals surface area contributed by atoms with E-state index in [4.69, 9.17) is 5.41 Å². The van der Waals surface area contributed by atoms with Crippen LogP contribution in [-0.4, -0.2) is 53.2 Å². The van der Waals surface area contributed by atoms with Gasteiger partial charge in [-0.05, 0) is 37.4 Å². The minimum atomic E-state index is 0.522. The Morgan fingerprint density at radius 3 is 2.91 bits per heavy atom. The molecule has 0 bridgehead atoms. The van der Waals surface area contributed by atoms with Gasteiger partial charge in [0.05, 0.1) is 5.71 Å². The van der Waals surface area contributed by atoms with E-state index < -0.39 is 0 Å². The third-order valence-electron chi connectivity index (χ3n) is 5.21. The first-order valence-corrected chi connectivity index (χ1v) is 8.10. The molecule has 4 rings (SSSR count). The van der Waals surface area contributed by atoms with Gasteiger partial charge < -0.3 is 20.2 Å². The number of benzene rings is 1. The van der Waals surface area contributed by atoms with Crippen LogP contribution in [0.15, 0.2) is 54.9 Å². The summed E-state index contributed by atoms with van der Waals surface area (Å²) < 4.78 is 0. The van der Waals surface area contributed by atoms with E-state index in [-0.39, 0.29) is 0 Å². The SMILES string of the molecule is C=C(/C=C\C(=N)c1ccc2[nH]ccc2c1)N1CC2CN(C)C2C1. The quantitative estimate of drug-likeness (QED) is 0.674. The Kier molecular flexibility index (Phi) is 3.34. The van der Waals surface area contributed by atoms with Gasteiger partial charge in [-0.3, -0.25) is 0 Å². The summed E-state index contributed by atoms with van der Waals surface area (Å²) in [6.45, 7) is 7.54. The number of nitrogens with zero attached hydrogens (tertiary/aromatic N) is 2. The molecule has 2 unspecified atom stereocenters. The Morgan fingerprint density at radius 1 is 1.26 bits per heavy atom. The van der Waals surface area contributed by atoms with E-state index >= 15 is 0 Å². The summed E-state index contributed by atoms with van der Waals surface area (Å²) >= 11 is 0. The molecule has 1 aromatic heterocycles. The molecule has 3 heterocycles. The fourth-order valence-corrected chi connectivity index (χ4v) is 3.74. The van der Waals surface area contributed by atoms with Crippen LogP contribution in [0.4, 0.5) is 0 Å². The molecule has 2 saturated heterocycles. The summed E-state index contributed by atoms with van der Waals surface area (Å²) in [6, 6.07) is 8.78. The predicted molar refractivity (Wildman–Crippen MR) is 94.9 cm³/mol. The Bertz CT molecular complexity index is 801. The molecule has 2 fully saturated rings. The fourth-order valence-electron chi connectivity index (χ4n) is 3.74. The standard InChI is InChI=1S/C19H22N4/c1-13(23-11-16-10-22(2)19(16)12-23)3-5-17(20)14-4-6-18-15(9-14)7-8-21-18/h3-9,16,19-21H,1,10-12H2,2H3/b5-3-,20-17?. The molecule has 0 saturated carbocycles. The van der Waals surface area contributed by atoms with Gasteiger partial charge >= 0.3 is 0 Å². The number of H-pyrrole nitrogens is 1. The van der Waals surface area contributed by atoms with Gasteiger partial charge in [0.15, 0.2) is 0 Å². The number of hydrogen-bond donors (Lipinski definition) is 2. The lowest BCUT2D eigenvalue weighted by atomic mass is 9.93. The van der Waals surface area contributed by atoms with Crippen molar-refractivity contribution in [2.24, 2.45) is 5.92 Å². The number of hydrogen-bond acceptors (Lipinski definition) is 3. The van der Waals surface area contributed by atoms with Crippen LogP contribution in [0.5, 0.6) is 0 Å². The maximum absolute atomic E-state index is 8.28. The average molecular weight is 306 g/mol. The molecule has 4 heteroatoms. The number of aromatic amines is 1. The Hall–Kier alpha value is -2.33. The van der Waals surface area contributed by atoms with Crippen molar-refractivity contribution in [3.05, 3.63) is 60.5 Å². The van der Waals surface area contributed by atoms with Crippen LogP contribution in [0.25, 0.3) is 10.9 Å². The van der Waals surface area contributed by atoms with E-state index in [0.717, 1.165) is 41.2 Å². The highest BCUT2D eigenvalue weighted by molar-refractivity contribution is 6.08. The van der Waals surface area contributed by atoms with Crippen molar-refractivity contribution in [3.63, 3.8) is 0 Å². The monoisotopic (exact) mass is 306 g/mol. The van der Waals surface area contributed by atoms with Crippen molar-refractivity contribution in [2.75, 3.05) is 26.7 Å². The highest BCUT2D eigenvalue weighted by atomic mass is 15.3. The van der Waals surface area contributed by atoms with Crippen molar-refractivity contribution in [1.82, 2.24) is 14.8 Å². The maximum Gasteiger partial charge on any atom is 0.0613 e. The van der Waals surface area contributed by atoms with Crippen molar-refractivity contribution in [3.8, 4) is 0 Å². The summed E-state index contributed by atoms with van der Waals surface area (Å²) in [5.74, 6) is 0.792. The minimum Gasteiger partial charge on any atom is -0.370 e. The summed E-state index contributed by atoms with van der Waals surface area (Å²) in [5.41, 5.74) is 3.57. The highest BCUT2D eigenvalue weighted by Crippen LogP contribution is 2.32. The molecule has 4 nitrogen and oxygen atoms in total. The lowest BCUT2D eigenvalue weighted by Crippen LogP contribution is -2.52. The first-order valence-electron chi connectivity index (χ1n) is 8.10. The maximum atomic E-state index is 8.28. The molecule has 118 valence electrons. The Balaban J connectivity index is 1.43. The van der Waals surface area contributed by atoms with Crippen LogP contribution in [0.2, 0.25) is 0 Å². The van der Waals surface area contributed by atoms with Gasteiger partial charge in [-0.1, -0.05) is 12.6 Å². The minimum absolute atomic E-state index is 0.522. The van der Waals surface area contributed by atoms with E-state index in [9.17, 15) is 0 Å². The van der Waals surface area contributed by atoms with Gasteiger partial charge in [0.2, 0.25) is 0 Å². The molecular weight excluding hydrogens is 284 g/mol. The molecule has 2 N–H and O–H groups in total. The first-order chi connectivity index (χ1) is 11.1. The van der Waals surface area contributed by atoms with Crippen molar-refractivity contribution >= 4 is 16.6 Å². The molecule has 2 atom stereocenters. The summed E-state index contributed by atoms with van der Waals surface area (Å²) in [5, 5.41) is 9.42. The van der Waals surface area contributed by atoms with Gasteiger partial charge in [0.1, 0.15) is 0 Å². The number of aromatic nitrogens is 1. The predicted octanol–water partition coefficient (Wildman–Crippen LogP) is 2.85. The molecule has 2 aliphatic rings. The highest BCUT2D eigenvalue weighted by Gasteiger charge is 2.43. The normalized spacial score (nSPS) is 24.1. The summed E-state index contributed by atoms with van der Waals surface area (Å²) in [4.78, 5) is 7.94. The van der Waals surface area contributed by atoms with Crippen LogP contribution in [0, 0.1) is 11.3 Å². The van der Waals surface area contributed by atoms with Crippen LogP contribution >= 0.6 is 0 Å². The van der Waals surface area contributed by atoms with Crippen LogP contribution in [0.1, 0.15) is 5.56 Å². The lowest BCUT2D eigenvalue weighted by Gasteiger charge is -2.40. The smallest absolute Gasteiger partial charge is 0.0613 e. The third-order valence-corrected chi connectivity index (χ3v) is 5.21. The van der Waals surface area contributed by atoms with Crippen molar-refractivity contribution < 1.29 is 0 Å². The number of likely N-dealkylation sites (tertiary alicyclic amines) is 2. The molecule has 0 radical (unpaired) electrons. The second-order valence-electron chi connectivity index (χ2n) is 6.69. The molecule has 0 aliphatic carbocycles. The van der Waals surface area contributed by atoms with Crippen LogP contribution in [-0.2, 0) is 0 Å². The van der Waals surface area contributed by atoms with Gasteiger partial charge in [-0.15, -0.1) is 0 Å². The zero-order chi connectivity index (χ0) is 16.0. The molecule has 1 aromatic carbocycles. The first kappa shape index (κ1) is 14.3. The summed E-state index contributed by atoms with van der Waals surface area (Å²) in [7, 11) is 2.19. The number of nitrogens with one attached hydrogen (secondary N) is 2. The van der Waals surface area contributed by atoms with Gasteiger partial charge in [0, 0.05) is 60.0 Å². The van der Waals surface area contributed by atoms with Gasteiger partial charge in [0.25, 0.3) is 0 Å².